The summed E-state index contributed by atoms with van der Waals surface area (Å²) >= 11 is 10.3. The van der Waals surface area contributed by atoms with Gasteiger partial charge in [0, 0.05) is 16.1 Å². The molecule has 0 unspecified atom stereocenters. The van der Waals surface area contributed by atoms with Gasteiger partial charge in [0.1, 0.15) is 5.75 Å². The van der Waals surface area contributed by atoms with Gasteiger partial charge in [-0.2, -0.15) is 0 Å². The Kier molecular flexibility index (Phi) is 4.48. The number of amides is 1. The van der Waals surface area contributed by atoms with Crippen molar-refractivity contribution in [3.8, 4) is 34.1 Å². The summed E-state index contributed by atoms with van der Waals surface area (Å²) in [5.74, 6) is -3.56. The molecular weight excluding hydrogens is 344 g/mol. The van der Waals surface area contributed by atoms with E-state index < -0.39 is 23.2 Å². The van der Waals surface area contributed by atoms with Gasteiger partial charge in [-0.05, 0) is 36.5 Å². The molecule has 0 bridgehead atoms. The summed E-state index contributed by atoms with van der Waals surface area (Å²) in [5, 5.41) is 41.4. The van der Waals surface area contributed by atoms with Crippen LogP contribution in [0.4, 0.5) is 0 Å². The largest absolute Gasteiger partial charge is 0.507 e. The Bertz CT molecular complexity index is 825. The number of hydrogen-bond donors (Lipinski definition) is 6. The van der Waals surface area contributed by atoms with Crippen LogP contribution in [0.15, 0.2) is 24.3 Å². The molecule has 0 saturated carbocycles. The topological polar surface area (TPSA) is 136 Å². The van der Waals surface area contributed by atoms with Crippen LogP contribution in [-0.2, 0) is 0 Å². The number of carbonyl (C=O) groups is 1. The summed E-state index contributed by atoms with van der Waals surface area (Å²) in [7, 11) is 0. The molecule has 0 atom stereocenters. The Morgan fingerprint density at radius 3 is 2.30 bits per heavy atom. The second kappa shape index (κ2) is 6.19. The molecule has 2 aromatic carbocycles. The maximum atomic E-state index is 12.2. The summed E-state index contributed by atoms with van der Waals surface area (Å²) < 4.78 is 0. The molecule has 0 aliphatic rings. The first-order valence-electron chi connectivity index (χ1n) is 6.10. The molecule has 0 saturated heterocycles. The average molecular weight is 355 g/mol. The lowest BCUT2D eigenvalue weighted by Crippen LogP contribution is -2.35. The number of halogens is 1. The third kappa shape index (κ3) is 3.22. The van der Waals surface area contributed by atoms with Crippen LogP contribution < -0.4 is 11.1 Å². The van der Waals surface area contributed by atoms with Crippen LogP contribution in [0.2, 0.25) is 5.02 Å². The highest BCUT2D eigenvalue weighted by atomic mass is 35.5. The summed E-state index contributed by atoms with van der Waals surface area (Å²) in [5.41, 5.74) is 4.76. The number of phenolic OH excluding ortho intramolecular Hbond substituents is 4. The van der Waals surface area contributed by atoms with Gasteiger partial charge in [0.05, 0.1) is 5.56 Å². The summed E-state index contributed by atoms with van der Waals surface area (Å²) in [6.07, 6.45) is 0. The summed E-state index contributed by atoms with van der Waals surface area (Å²) in [6.45, 7) is 0. The molecule has 23 heavy (non-hydrogen) atoms. The third-order valence-electron chi connectivity index (χ3n) is 2.96. The van der Waals surface area contributed by atoms with E-state index in [0.29, 0.717) is 0 Å². The SMILES string of the molecule is NC(=S)NC(=O)c1cc(O)c(O)c(O)c1-c1ccc(Cl)cc1O. The van der Waals surface area contributed by atoms with Crippen molar-refractivity contribution in [1.82, 2.24) is 5.32 Å². The van der Waals surface area contributed by atoms with Gasteiger partial charge in [-0.1, -0.05) is 11.6 Å². The van der Waals surface area contributed by atoms with Crippen molar-refractivity contribution in [1.29, 1.82) is 0 Å². The number of nitrogens with two attached hydrogens (primary N) is 1. The Hall–Kier alpha value is -2.71. The lowest BCUT2D eigenvalue weighted by Gasteiger charge is -2.15. The van der Waals surface area contributed by atoms with E-state index in [-0.39, 0.29) is 32.6 Å². The minimum atomic E-state index is -0.846. The van der Waals surface area contributed by atoms with E-state index in [1.54, 1.807) is 0 Å². The molecular formula is C14H11ClN2O5S. The van der Waals surface area contributed by atoms with Crippen molar-refractivity contribution in [2.24, 2.45) is 5.73 Å². The van der Waals surface area contributed by atoms with Crippen molar-refractivity contribution in [3.63, 3.8) is 0 Å². The number of thiocarbonyl (C=S) groups is 1. The zero-order valence-corrected chi connectivity index (χ0v) is 12.9. The predicted molar refractivity (Wildman–Crippen MR) is 87.8 cm³/mol. The van der Waals surface area contributed by atoms with Crippen molar-refractivity contribution < 1.29 is 25.2 Å². The van der Waals surface area contributed by atoms with E-state index in [0.717, 1.165) is 6.07 Å². The minimum Gasteiger partial charge on any atom is -0.507 e. The zero-order valence-electron chi connectivity index (χ0n) is 11.4. The molecule has 120 valence electrons. The van der Waals surface area contributed by atoms with E-state index >= 15 is 0 Å². The van der Waals surface area contributed by atoms with Crippen molar-refractivity contribution >= 4 is 34.8 Å². The van der Waals surface area contributed by atoms with Crippen LogP contribution in [-0.4, -0.2) is 31.4 Å². The molecule has 9 heteroatoms. The molecule has 0 aliphatic carbocycles. The van der Waals surface area contributed by atoms with Crippen molar-refractivity contribution in [2.75, 3.05) is 0 Å². The second-order valence-corrected chi connectivity index (χ2v) is 5.37. The van der Waals surface area contributed by atoms with E-state index in [4.69, 9.17) is 17.3 Å². The number of benzene rings is 2. The number of aromatic hydroxyl groups is 4. The molecule has 0 radical (unpaired) electrons. The molecule has 0 aliphatic heterocycles. The molecule has 2 rings (SSSR count). The maximum Gasteiger partial charge on any atom is 0.258 e. The summed E-state index contributed by atoms with van der Waals surface area (Å²) in [4.78, 5) is 12.2. The molecule has 7 N–H and O–H groups in total. The van der Waals surface area contributed by atoms with Gasteiger partial charge >= 0.3 is 0 Å². The standard InChI is InChI=1S/C14H11ClN2O5S/c15-5-1-2-6(8(18)3-5)10-7(13(22)17-14(16)23)4-9(19)11(20)12(10)21/h1-4,18-21H,(H3,16,17,22,23). The molecule has 0 heterocycles. The van der Waals surface area contributed by atoms with E-state index in [9.17, 15) is 25.2 Å². The first-order chi connectivity index (χ1) is 10.7. The fourth-order valence-electron chi connectivity index (χ4n) is 1.99. The Morgan fingerprint density at radius 1 is 1.09 bits per heavy atom. The van der Waals surface area contributed by atoms with Crippen molar-refractivity contribution in [2.45, 2.75) is 0 Å². The second-order valence-electron chi connectivity index (χ2n) is 4.50. The molecule has 1 amide bonds. The quantitative estimate of drug-likeness (QED) is 0.357. The van der Waals surface area contributed by atoms with Crippen LogP contribution >= 0.6 is 23.8 Å². The lowest BCUT2D eigenvalue weighted by atomic mass is 9.96. The highest BCUT2D eigenvalue weighted by Crippen LogP contribution is 2.47. The number of rotatable bonds is 2. The Balaban J connectivity index is 2.77. The third-order valence-corrected chi connectivity index (χ3v) is 3.30. The van der Waals surface area contributed by atoms with E-state index in [2.05, 4.69) is 17.5 Å². The first-order valence-corrected chi connectivity index (χ1v) is 6.88. The lowest BCUT2D eigenvalue weighted by molar-refractivity contribution is 0.0977. The minimum absolute atomic E-state index is 0.00953. The predicted octanol–water partition coefficient (Wildman–Crippen LogP) is 1.80. The Labute approximate surface area is 140 Å². The normalized spacial score (nSPS) is 10.3. The Morgan fingerprint density at radius 2 is 1.74 bits per heavy atom. The van der Waals surface area contributed by atoms with Gasteiger partial charge in [0.2, 0.25) is 5.75 Å². The zero-order chi connectivity index (χ0) is 17.3. The highest BCUT2D eigenvalue weighted by molar-refractivity contribution is 7.80. The number of carbonyl (C=O) groups excluding carboxylic acids is 1. The first kappa shape index (κ1) is 16.7. The molecule has 0 fully saturated rings. The van der Waals surface area contributed by atoms with E-state index in [1.807, 2.05) is 0 Å². The average Bonchev–Trinajstić information content (AvgIpc) is 2.45. The van der Waals surface area contributed by atoms with Gasteiger partial charge < -0.3 is 26.2 Å². The molecule has 0 aromatic heterocycles. The van der Waals surface area contributed by atoms with Gasteiger partial charge in [-0.15, -0.1) is 0 Å². The van der Waals surface area contributed by atoms with Gasteiger partial charge in [0.25, 0.3) is 5.91 Å². The van der Waals surface area contributed by atoms with Crippen molar-refractivity contribution in [3.05, 3.63) is 34.9 Å². The monoisotopic (exact) mass is 354 g/mol. The van der Waals surface area contributed by atoms with Gasteiger partial charge in [-0.3, -0.25) is 10.1 Å². The smallest absolute Gasteiger partial charge is 0.258 e. The molecule has 2 aromatic rings. The summed E-state index contributed by atoms with van der Waals surface area (Å²) in [6, 6.07) is 4.84. The fourth-order valence-corrected chi connectivity index (χ4v) is 2.25. The van der Waals surface area contributed by atoms with E-state index in [1.165, 1.54) is 18.2 Å². The number of hydrogen-bond acceptors (Lipinski definition) is 6. The number of nitrogens with one attached hydrogen (secondary N) is 1. The van der Waals surface area contributed by atoms with Crippen LogP contribution in [0, 0.1) is 0 Å². The van der Waals surface area contributed by atoms with Crippen LogP contribution in [0.1, 0.15) is 10.4 Å². The highest BCUT2D eigenvalue weighted by Gasteiger charge is 2.24. The van der Waals surface area contributed by atoms with Crippen LogP contribution in [0.5, 0.6) is 23.0 Å². The number of phenols is 4. The van der Waals surface area contributed by atoms with Crippen LogP contribution in [0.25, 0.3) is 11.1 Å². The van der Waals surface area contributed by atoms with Crippen LogP contribution in [0.3, 0.4) is 0 Å². The van der Waals surface area contributed by atoms with Gasteiger partial charge in [-0.25, -0.2) is 0 Å². The van der Waals surface area contributed by atoms with Gasteiger partial charge in [0.15, 0.2) is 16.6 Å². The maximum absolute atomic E-state index is 12.2. The molecule has 7 nitrogen and oxygen atoms in total. The fraction of sp³-hybridized carbons (Fsp3) is 0. The molecule has 0 spiro atoms.